The van der Waals surface area contributed by atoms with Crippen molar-refractivity contribution in [2.24, 2.45) is 12.8 Å². The molecule has 1 fully saturated rings. The van der Waals surface area contributed by atoms with E-state index in [0.29, 0.717) is 18.8 Å². The van der Waals surface area contributed by atoms with Gasteiger partial charge in [-0.15, -0.1) is 11.3 Å². The van der Waals surface area contributed by atoms with E-state index < -0.39 is 0 Å². The van der Waals surface area contributed by atoms with Crippen molar-refractivity contribution in [1.82, 2.24) is 19.7 Å². The quantitative estimate of drug-likeness (QED) is 0.782. The largest absolute Gasteiger partial charge is 0.335 e. The van der Waals surface area contributed by atoms with Crippen molar-refractivity contribution in [2.75, 3.05) is 13.1 Å². The lowest BCUT2D eigenvalue weighted by Crippen LogP contribution is -2.32. The zero-order valence-corrected chi connectivity index (χ0v) is 14.7. The number of benzene rings is 1. The second kappa shape index (κ2) is 6.42. The van der Waals surface area contributed by atoms with Crippen molar-refractivity contribution in [3.8, 4) is 10.6 Å². The van der Waals surface area contributed by atoms with E-state index in [1.54, 1.807) is 10.9 Å². The lowest BCUT2D eigenvalue weighted by atomic mass is 9.95. The Hall–Kier alpha value is -2.51. The number of nitrogens with two attached hydrogens (primary N) is 1. The van der Waals surface area contributed by atoms with Crippen LogP contribution in [0.25, 0.3) is 10.6 Å². The highest BCUT2D eigenvalue weighted by Crippen LogP contribution is 2.29. The summed E-state index contributed by atoms with van der Waals surface area (Å²) in [5.74, 6) is 0.113. The first-order valence-corrected chi connectivity index (χ1v) is 9.04. The molecule has 7 heteroatoms. The minimum atomic E-state index is -0.0553. The van der Waals surface area contributed by atoms with Gasteiger partial charge in [0.1, 0.15) is 10.7 Å². The number of amides is 1. The summed E-state index contributed by atoms with van der Waals surface area (Å²) in [4.78, 5) is 19.1. The number of thiazole rings is 1. The highest BCUT2D eigenvalue weighted by Gasteiger charge is 2.34. The Morgan fingerprint density at radius 2 is 2.08 bits per heavy atom. The van der Waals surface area contributed by atoms with Gasteiger partial charge in [-0.3, -0.25) is 9.48 Å². The Morgan fingerprint density at radius 1 is 1.28 bits per heavy atom. The van der Waals surface area contributed by atoms with Gasteiger partial charge < -0.3 is 10.6 Å². The van der Waals surface area contributed by atoms with Crippen LogP contribution in [0.15, 0.2) is 48.1 Å². The molecule has 1 amide bonds. The van der Waals surface area contributed by atoms with Crippen LogP contribution in [0.2, 0.25) is 0 Å². The Kier molecular flexibility index (Phi) is 4.10. The molecule has 3 aromatic rings. The zero-order chi connectivity index (χ0) is 17.4. The van der Waals surface area contributed by atoms with Crippen LogP contribution in [0.1, 0.15) is 22.0 Å². The number of aryl methyl sites for hydroxylation is 1. The highest BCUT2D eigenvalue weighted by atomic mass is 32.1. The molecule has 2 atom stereocenters. The molecule has 0 bridgehead atoms. The molecule has 128 valence electrons. The van der Waals surface area contributed by atoms with Crippen LogP contribution >= 0.6 is 11.3 Å². The van der Waals surface area contributed by atoms with Crippen LogP contribution < -0.4 is 5.73 Å². The first-order valence-electron chi connectivity index (χ1n) is 8.16. The molecule has 1 aliphatic heterocycles. The van der Waals surface area contributed by atoms with Crippen molar-refractivity contribution in [3.63, 3.8) is 0 Å². The molecule has 2 N–H and O–H groups in total. The van der Waals surface area contributed by atoms with Crippen molar-refractivity contribution in [3.05, 3.63) is 59.4 Å². The fraction of sp³-hybridized carbons (Fsp3) is 0.278. The predicted molar refractivity (Wildman–Crippen MR) is 97.4 cm³/mol. The molecule has 0 aliphatic carbocycles. The maximum Gasteiger partial charge on any atom is 0.273 e. The van der Waals surface area contributed by atoms with Gasteiger partial charge in [0.25, 0.3) is 5.91 Å². The maximum absolute atomic E-state index is 12.8. The van der Waals surface area contributed by atoms with Crippen molar-refractivity contribution in [1.29, 1.82) is 0 Å². The summed E-state index contributed by atoms with van der Waals surface area (Å²) in [5, 5.41) is 6.77. The molecule has 1 aliphatic rings. The van der Waals surface area contributed by atoms with Gasteiger partial charge in [0.15, 0.2) is 0 Å². The summed E-state index contributed by atoms with van der Waals surface area (Å²) in [6.45, 7) is 1.18. The number of aromatic nitrogens is 3. The van der Waals surface area contributed by atoms with Crippen LogP contribution in [0.5, 0.6) is 0 Å². The van der Waals surface area contributed by atoms with E-state index >= 15 is 0 Å². The molecule has 25 heavy (non-hydrogen) atoms. The molecule has 0 saturated carbocycles. The second-order valence-corrected chi connectivity index (χ2v) is 7.19. The van der Waals surface area contributed by atoms with Crippen LogP contribution in [0.4, 0.5) is 0 Å². The van der Waals surface area contributed by atoms with Crippen LogP contribution in [-0.2, 0) is 7.05 Å². The summed E-state index contributed by atoms with van der Waals surface area (Å²) in [7, 11) is 1.86. The summed E-state index contributed by atoms with van der Waals surface area (Å²) in [5.41, 5.74) is 8.87. The lowest BCUT2D eigenvalue weighted by molar-refractivity contribution is 0.0784. The van der Waals surface area contributed by atoms with Gasteiger partial charge in [0.05, 0.1) is 6.20 Å². The Bertz CT molecular complexity index is 888. The van der Waals surface area contributed by atoms with E-state index in [0.717, 1.165) is 10.6 Å². The third kappa shape index (κ3) is 3.08. The first-order chi connectivity index (χ1) is 12.1. The third-order valence-corrected chi connectivity index (χ3v) is 5.45. The summed E-state index contributed by atoms with van der Waals surface area (Å²) in [6.07, 6.45) is 3.65. The Balaban J connectivity index is 1.51. The van der Waals surface area contributed by atoms with Gasteiger partial charge in [-0.25, -0.2) is 4.98 Å². The smallest absolute Gasteiger partial charge is 0.273 e. The molecular formula is C18H19N5OS. The average molecular weight is 353 g/mol. The van der Waals surface area contributed by atoms with E-state index in [-0.39, 0.29) is 17.9 Å². The normalized spacial score (nSPS) is 20.2. The monoisotopic (exact) mass is 353 g/mol. The highest BCUT2D eigenvalue weighted by molar-refractivity contribution is 7.13. The number of carbonyl (C=O) groups excluding carboxylic acids is 1. The fourth-order valence-electron chi connectivity index (χ4n) is 3.25. The van der Waals surface area contributed by atoms with Gasteiger partial charge in [-0.05, 0) is 5.56 Å². The Labute approximate surface area is 149 Å². The summed E-state index contributed by atoms with van der Waals surface area (Å²) < 4.78 is 1.72. The van der Waals surface area contributed by atoms with E-state index in [2.05, 4.69) is 22.2 Å². The fourth-order valence-corrected chi connectivity index (χ4v) is 4.02. The van der Waals surface area contributed by atoms with Crippen molar-refractivity contribution < 1.29 is 4.79 Å². The number of hydrogen-bond donors (Lipinski definition) is 1. The van der Waals surface area contributed by atoms with Crippen LogP contribution in [0.3, 0.4) is 0 Å². The number of hydrogen-bond acceptors (Lipinski definition) is 5. The minimum absolute atomic E-state index is 0.0530. The average Bonchev–Trinajstić information content (AvgIpc) is 3.34. The van der Waals surface area contributed by atoms with Crippen LogP contribution in [-0.4, -0.2) is 44.7 Å². The number of likely N-dealkylation sites (tertiary alicyclic amines) is 1. The number of carbonyl (C=O) groups is 1. The number of nitrogens with zero attached hydrogens (tertiary/aromatic N) is 4. The van der Waals surface area contributed by atoms with E-state index in [4.69, 9.17) is 5.73 Å². The molecule has 1 saturated heterocycles. The molecule has 2 aromatic heterocycles. The molecule has 0 radical (unpaired) electrons. The molecule has 3 heterocycles. The lowest BCUT2D eigenvalue weighted by Gasteiger charge is -2.15. The Morgan fingerprint density at radius 3 is 2.80 bits per heavy atom. The van der Waals surface area contributed by atoms with Gasteiger partial charge >= 0.3 is 0 Å². The minimum Gasteiger partial charge on any atom is -0.335 e. The molecule has 1 aromatic carbocycles. The standard InChI is InChI=1S/C18H19N5OS/c1-22-8-13(7-20-22)17-21-16(11-25-17)18(24)23-9-14(15(19)10-23)12-5-3-2-4-6-12/h2-8,11,14-15H,9-10,19H2,1H3/t14-,15+/m0/s1. The van der Waals surface area contributed by atoms with Gasteiger partial charge in [-0.2, -0.15) is 5.10 Å². The van der Waals surface area contributed by atoms with Gasteiger partial charge in [-0.1, -0.05) is 30.3 Å². The maximum atomic E-state index is 12.8. The summed E-state index contributed by atoms with van der Waals surface area (Å²) in [6, 6.07) is 10.1. The van der Waals surface area contributed by atoms with E-state index in [1.807, 2.05) is 41.7 Å². The number of rotatable bonds is 3. The third-order valence-electron chi connectivity index (χ3n) is 4.56. The zero-order valence-electron chi connectivity index (χ0n) is 13.9. The van der Waals surface area contributed by atoms with Crippen molar-refractivity contribution in [2.45, 2.75) is 12.0 Å². The SMILES string of the molecule is Cn1cc(-c2nc(C(=O)N3C[C@@H](N)[C@H](c4ccccc4)C3)cs2)cn1. The molecule has 0 spiro atoms. The van der Waals surface area contributed by atoms with Crippen LogP contribution in [0, 0.1) is 0 Å². The molecule has 4 rings (SSSR count). The molecular weight excluding hydrogens is 334 g/mol. The molecule has 6 nitrogen and oxygen atoms in total. The van der Waals surface area contributed by atoms with Gasteiger partial charge in [0, 0.05) is 49.2 Å². The first kappa shape index (κ1) is 16.0. The van der Waals surface area contributed by atoms with E-state index in [1.165, 1.54) is 16.9 Å². The van der Waals surface area contributed by atoms with Gasteiger partial charge in [0.2, 0.25) is 0 Å². The predicted octanol–water partition coefficient (Wildman–Crippen LogP) is 2.11. The van der Waals surface area contributed by atoms with Crippen molar-refractivity contribution >= 4 is 17.2 Å². The second-order valence-electron chi connectivity index (χ2n) is 6.33. The van der Waals surface area contributed by atoms with E-state index in [9.17, 15) is 4.79 Å². The molecule has 0 unspecified atom stereocenters. The topological polar surface area (TPSA) is 77.0 Å². The summed E-state index contributed by atoms with van der Waals surface area (Å²) >= 11 is 1.46.